The maximum absolute atomic E-state index is 15.0. The first-order valence-electron chi connectivity index (χ1n) is 39.1. The maximum atomic E-state index is 15.0. The van der Waals surface area contributed by atoms with E-state index in [1.165, 1.54) is 124 Å². The Kier molecular flexibility index (Phi) is 17.2. The Labute approximate surface area is 669 Å². The van der Waals surface area contributed by atoms with Crippen LogP contribution < -0.4 is 14.7 Å². The summed E-state index contributed by atoms with van der Waals surface area (Å²) in [5.41, 5.74) is 33.4. The maximum Gasteiger partial charge on any atom is 0.196 e. The van der Waals surface area contributed by atoms with Gasteiger partial charge < -0.3 is 14.7 Å². The van der Waals surface area contributed by atoms with Crippen molar-refractivity contribution in [3.05, 3.63) is 510 Å². The van der Waals surface area contributed by atoms with Crippen LogP contribution in [-0.4, -0.2) is 36.8 Å². The number of aliphatic imine (C=N–C) groups is 3. The van der Waals surface area contributed by atoms with Crippen LogP contribution in [0.3, 0.4) is 0 Å². The molecule has 0 fully saturated rings. The Balaban J connectivity index is 0.000000110. The molecule has 6 atom stereocenters. The third kappa shape index (κ3) is 11.8. The Bertz CT molecular complexity index is 6460. The van der Waals surface area contributed by atoms with E-state index in [9.17, 15) is 17.6 Å². The van der Waals surface area contributed by atoms with Gasteiger partial charge in [0.2, 0.25) is 0 Å². The van der Waals surface area contributed by atoms with Crippen LogP contribution in [0.15, 0.2) is 485 Å². The van der Waals surface area contributed by atoms with Crippen molar-refractivity contribution < 1.29 is 22.0 Å². The molecule has 8 aromatic carbocycles. The topological polar surface area (TPSA) is 46.8 Å². The molecule has 8 aromatic rings. The van der Waals surface area contributed by atoms with Crippen molar-refractivity contribution in [2.45, 2.75) is 18.1 Å². The van der Waals surface area contributed by atoms with E-state index in [1.807, 2.05) is 104 Å². The zero-order chi connectivity index (χ0) is 77.6. The molecule has 3 heterocycles. The van der Waals surface area contributed by atoms with Crippen LogP contribution in [0.1, 0.15) is 11.1 Å². The predicted octanol–water partition coefficient (Wildman–Crippen LogP) is 25.2. The molecule has 0 saturated heterocycles. The summed E-state index contributed by atoms with van der Waals surface area (Å²) in [6.07, 6.45) is 65.3. The van der Waals surface area contributed by atoms with Crippen LogP contribution in [-0.2, 0) is 0 Å². The van der Waals surface area contributed by atoms with Gasteiger partial charge in [0.1, 0.15) is 29.8 Å². The number of dihydropyridines is 3. The molecule has 554 valence electrons. The van der Waals surface area contributed by atoms with Crippen LogP contribution in [0.2, 0.25) is 0 Å². The number of hydrogen-bond acceptors (Lipinski definition) is 6. The molecule has 6 unspecified atom stereocenters. The molecule has 11 heteroatoms. The molecule has 0 spiro atoms. The molecule has 0 bridgehead atoms. The lowest BCUT2D eigenvalue weighted by Crippen LogP contribution is -2.31. The van der Waals surface area contributed by atoms with E-state index < -0.39 is 29.1 Å². The minimum Gasteiger partial charge on any atom is -0.310 e. The third-order valence-electron chi connectivity index (χ3n) is 23.8. The smallest absolute Gasteiger partial charge is 0.196 e. The third-order valence-corrected chi connectivity index (χ3v) is 23.8. The van der Waals surface area contributed by atoms with Crippen molar-refractivity contribution in [1.29, 1.82) is 0 Å². The fraction of sp³-hybridized carbons (Fsp3) is 0.0571. The minimum absolute atomic E-state index is 0.0219. The van der Waals surface area contributed by atoms with E-state index in [0.29, 0.717) is 28.4 Å². The van der Waals surface area contributed by atoms with Crippen LogP contribution >= 0.6 is 0 Å². The van der Waals surface area contributed by atoms with Crippen molar-refractivity contribution in [2.75, 3.05) is 14.7 Å². The van der Waals surface area contributed by atoms with Gasteiger partial charge in [0.25, 0.3) is 0 Å². The van der Waals surface area contributed by atoms with Crippen LogP contribution in [0.5, 0.6) is 0 Å². The molecule has 0 aromatic heterocycles. The molecule has 116 heavy (non-hydrogen) atoms. The summed E-state index contributed by atoms with van der Waals surface area (Å²) in [4.78, 5) is 20.0. The lowest BCUT2D eigenvalue weighted by atomic mass is 9.65. The molecule has 23 rings (SSSR count). The number of anilines is 8. The first-order chi connectivity index (χ1) is 57.1. The first kappa shape index (κ1) is 69.5. The van der Waals surface area contributed by atoms with Crippen molar-refractivity contribution in [3.8, 4) is 0 Å². The summed E-state index contributed by atoms with van der Waals surface area (Å²) in [7, 11) is 0. The van der Waals surface area contributed by atoms with E-state index in [2.05, 4.69) is 211 Å². The zero-order valence-corrected chi connectivity index (χ0v) is 62.4. The van der Waals surface area contributed by atoms with Gasteiger partial charge in [-0.15, -0.1) is 0 Å². The first-order valence-corrected chi connectivity index (χ1v) is 39.1. The number of halogens is 5. The molecule has 0 N–H and O–H groups in total. The van der Waals surface area contributed by atoms with E-state index >= 15 is 4.39 Å². The molecule has 0 radical (unpaired) electrons. The monoisotopic (exact) mass is 1510 g/mol. The highest BCUT2D eigenvalue weighted by atomic mass is 19.2. The normalized spacial score (nSPS) is 21.9. The van der Waals surface area contributed by atoms with Crippen molar-refractivity contribution >= 4 is 75.3 Å². The summed E-state index contributed by atoms with van der Waals surface area (Å²) >= 11 is 0. The summed E-state index contributed by atoms with van der Waals surface area (Å²) in [5, 5.41) is 0. The lowest BCUT2D eigenvalue weighted by Gasteiger charge is -2.41. The summed E-state index contributed by atoms with van der Waals surface area (Å²) in [6.45, 7) is 0. The van der Waals surface area contributed by atoms with Gasteiger partial charge in [-0.2, -0.15) is 0 Å². The highest BCUT2D eigenvalue weighted by Crippen LogP contribution is 2.56. The largest absolute Gasteiger partial charge is 0.310 e. The average molecular weight is 1510 g/mol. The van der Waals surface area contributed by atoms with Crippen LogP contribution in [0.4, 0.5) is 67.5 Å². The zero-order valence-electron chi connectivity index (χ0n) is 62.4. The summed E-state index contributed by atoms with van der Waals surface area (Å²) in [6, 6.07) is 61.4. The average Bonchev–Trinajstić information content (AvgIpc) is 0.730. The molecule has 6 nitrogen and oxygen atoms in total. The molecule has 3 aliphatic heterocycles. The van der Waals surface area contributed by atoms with E-state index in [0.717, 1.165) is 39.7 Å². The molecule has 15 aliphatic rings. The van der Waals surface area contributed by atoms with Crippen molar-refractivity contribution in [3.63, 3.8) is 0 Å². The van der Waals surface area contributed by atoms with E-state index in [1.54, 1.807) is 58.3 Å². The molecule has 0 amide bonds. The number of nitrogens with zero attached hydrogens (tertiary/aromatic N) is 6. The molecular weight excluding hydrogens is 1440 g/mol. The van der Waals surface area contributed by atoms with Gasteiger partial charge in [-0.25, -0.2) is 22.0 Å². The number of rotatable bonds is 11. The molecule has 0 saturated carbocycles. The number of hydrogen-bond donors (Lipinski definition) is 0. The second-order valence-corrected chi connectivity index (χ2v) is 30.2. The number of allylic oxidation sites excluding steroid dienone is 35. The Hall–Kier alpha value is -14.4. The van der Waals surface area contributed by atoms with E-state index in [-0.39, 0.29) is 41.6 Å². The van der Waals surface area contributed by atoms with Gasteiger partial charge in [-0.05, 0) is 262 Å². The summed E-state index contributed by atoms with van der Waals surface area (Å²) < 4.78 is 73.1. The Morgan fingerprint density at radius 1 is 0.259 bits per heavy atom. The standard InChI is InChI=1S/C37H23F3N2.C37H24F2N2.C31H22N2/c38-31-18-19-32(36(40)35(31)39)42(26-6-2-1-3-7-26)27-13-8-22(9-14-27)28-15-10-23-11-17-30-34-24(12-16-29(28)33(23)34)21-25-5-4-20-41-37(25)30;38-31-7-1-3-9-33(31)41(34-10-4-2-8-32(34)39)27-16-11-23(12-17-27)28-18-13-24-14-20-30-36-25(15-19-29(28)35(24)36)22-26-6-5-21-40-37(26)30;1-3-9-24(10-4-1)33(25-11-5-2-6-12-25)28-18-15-21-13-17-27-30-22(14-16-26(28)29(21)30)20-23-8-7-19-32-31(23)27/h1-21,33,37H;1-22,35,37H;1-20,29,31H. The van der Waals surface area contributed by atoms with Crippen molar-refractivity contribution in [1.82, 2.24) is 0 Å². The highest BCUT2D eigenvalue weighted by molar-refractivity contribution is 5.92. The number of fused-ring (bicyclic) bond motifs is 6. The molecular formula is C105H69F5N6. The predicted molar refractivity (Wildman–Crippen MR) is 461 cm³/mol. The van der Waals surface area contributed by atoms with Gasteiger partial charge in [0, 0.05) is 64.8 Å². The van der Waals surface area contributed by atoms with Gasteiger partial charge >= 0.3 is 0 Å². The second-order valence-electron chi connectivity index (χ2n) is 30.2. The Morgan fingerprint density at radius 3 is 1.06 bits per heavy atom. The van der Waals surface area contributed by atoms with Gasteiger partial charge in [-0.3, -0.25) is 15.0 Å². The van der Waals surface area contributed by atoms with Crippen LogP contribution in [0.25, 0.3) is 11.1 Å². The lowest BCUT2D eigenvalue weighted by molar-refractivity contribution is 0.448. The van der Waals surface area contributed by atoms with Gasteiger partial charge in [0.15, 0.2) is 17.5 Å². The van der Waals surface area contributed by atoms with E-state index in [4.69, 9.17) is 15.0 Å². The summed E-state index contributed by atoms with van der Waals surface area (Å²) in [5.74, 6) is -4.27. The SMILES string of the molecule is C1=CC2=CC3=C4C(=CC=C5C=CC(N(c6ccccc6)c6ccccc6)=C(C=C3)C54)C2N=C1.Fc1ccc(N(c2ccccc2)c2ccc(C3=C4C=CC5=C6C(=CC=C(C=C3)C46)C3N=CC=CC3=C5)cc2)c(F)c1F.Fc1ccccc1N(c1ccc(C2=C3C=CC4=C5C(=CC=C(C=C2)C35)C2N=CC=CC2=C4)cc1)c1ccccc1F. The second kappa shape index (κ2) is 28.7. The number of para-hydroxylation sites is 5. The highest BCUT2D eigenvalue weighted by Gasteiger charge is 2.43. The fourth-order valence-corrected chi connectivity index (χ4v) is 18.7. The van der Waals surface area contributed by atoms with Crippen LogP contribution in [0, 0.1) is 46.8 Å². The fourth-order valence-electron chi connectivity index (χ4n) is 18.7. The van der Waals surface area contributed by atoms with Gasteiger partial charge in [-0.1, -0.05) is 225 Å². The van der Waals surface area contributed by atoms with Gasteiger partial charge in [0.05, 0.1) is 22.8 Å². The number of benzene rings is 8. The quantitative estimate of drug-likeness (QED) is 0.0958. The molecule has 12 aliphatic carbocycles. The minimum atomic E-state index is -1.49. The van der Waals surface area contributed by atoms with Crippen molar-refractivity contribution in [2.24, 2.45) is 32.7 Å². The Morgan fingerprint density at radius 2 is 0.629 bits per heavy atom.